The summed E-state index contributed by atoms with van der Waals surface area (Å²) in [5, 5.41) is 11.3. The van der Waals surface area contributed by atoms with Gasteiger partial charge in [-0.1, -0.05) is 19.3 Å². The zero-order valence-corrected chi connectivity index (χ0v) is 22.0. The van der Waals surface area contributed by atoms with Crippen LogP contribution in [0.4, 0.5) is 5.69 Å². The lowest BCUT2D eigenvalue weighted by Crippen LogP contribution is -2.18. The molecular weight excluding hydrogens is 504 g/mol. The number of hydrogen-bond donors (Lipinski definition) is 4. The molecule has 6 aromatic rings. The Morgan fingerprint density at radius 3 is 2.67 bits per heavy atom. The van der Waals surface area contributed by atoms with Gasteiger partial charge in [0.2, 0.25) is 5.91 Å². The molecule has 0 aromatic carbocycles. The third-order valence-corrected chi connectivity index (χ3v) is 7.55. The van der Waals surface area contributed by atoms with Crippen molar-refractivity contribution < 1.29 is 4.79 Å². The Morgan fingerprint density at radius 1 is 0.950 bits per heavy atom. The van der Waals surface area contributed by atoms with Crippen LogP contribution in [0.25, 0.3) is 56.2 Å². The summed E-state index contributed by atoms with van der Waals surface area (Å²) in [7, 11) is 0. The minimum atomic E-state index is 0.0409. The van der Waals surface area contributed by atoms with Crippen molar-refractivity contribution in [2.75, 3.05) is 5.32 Å². The topological polar surface area (TPSA) is 154 Å². The van der Waals surface area contributed by atoms with Crippen LogP contribution in [0.3, 0.4) is 0 Å². The van der Waals surface area contributed by atoms with E-state index in [1.807, 2.05) is 25.1 Å². The summed E-state index contributed by atoms with van der Waals surface area (Å²) in [6, 6.07) is 5.83. The predicted octanol–water partition coefficient (Wildman–Crippen LogP) is 5.57. The molecule has 11 nitrogen and oxygen atoms in total. The second kappa shape index (κ2) is 9.99. The number of aromatic nitrogens is 9. The number of carbonyl (C=O) groups is 1. The maximum Gasteiger partial charge on any atom is 0.224 e. The van der Waals surface area contributed by atoms with Crippen LogP contribution < -0.4 is 5.32 Å². The molecule has 0 unspecified atom stereocenters. The third-order valence-electron chi connectivity index (χ3n) is 7.55. The molecule has 11 heteroatoms. The van der Waals surface area contributed by atoms with Gasteiger partial charge in [-0.3, -0.25) is 14.9 Å². The third kappa shape index (κ3) is 4.59. The molecule has 1 amide bonds. The minimum Gasteiger partial charge on any atom is -0.342 e. The van der Waals surface area contributed by atoms with Crippen molar-refractivity contribution in [2.24, 2.45) is 5.92 Å². The van der Waals surface area contributed by atoms with Crippen molar-refractivity contribution in [3.63, 3.8) is 0 Å². The second-order valence-electron chi connectivity index (χ2n) is 10.5. The number of imidazole rings is 2. The van der Waals surface area contributed by atoms with Gasteiger partial charge in [0.25, 0.3) is 0 Å². The number of carbonyl (C=O) groups excluding carboxylic acids is 1. The number of nitrogens with zero attached hydrogens (tertiary/aromatic N) is 6. The highest BCUT2D eigenvalue weighted by molar-refractivity contribution is 5.96. The molecule has 0 saturated heterocycles. The lowest BCUT2D eigenvalue weighted by molar-refractivity contribution is -0.117. The summed E-state index contributed by atoms with van der Waals surface area (Å²) < 4.78 is 0. The molecule has 40 heavy (non-hydrogen) atoms. The highest BCUT2D eigenvalue weighted by Crippen LogP contribution is 2.32. The van der Waals surface area contributed by atoms with Crippen LogP contribution in [-0.2, 0) is 4.79 Å². The zero-order valence-electron chi connectivity index (χ0n) is 22.0. The lowest BCUT2D eigenvalue weighted by atomic mass is 9.87. The fraction of sp³-hybridized carbons (Fsp3) is 0.276. The molecule has 1 aliphatic carbocycles. The first kappa shape index (κ1) is 24.1. The van der Waals surface area contributed by atoms with E-state index in [-0.39, 0.29) is 5.91 Å². The van der Waals surface area contributed by atoms with Gasteiger partial charge in [0.05, 0.1) is 22.8 Å². The zero-order chi connectivity index (χ0) is 27.1. The van der Waals surface area contributed by atoms with Crippen molar-refractivity contribution >= 4 is 33.8 Å². The number of fused-ring (bicyclic) bond motifs is 2. The Morgan fingerprint density at radius 2 is 1.82 bits per heavy atom. The van der Waals surface area contributed by atoms with Gasteiger partial charge in [-0.15, -0.1) is 0 Å². The van der Waals surface area contributed by atoms with Crippen LogP contribution in [0.1, 0.15) is 44.2 Å². The van der Waals surface area contributed by atoms with Crippen molar-refractivity contribution in [1.82, 2.24) is 45.1 Å². The number of H-pyrrole nitrogens is 3. The van der Waals surface area contributed by atoms with Crippen LogP contribution in [0, 0.1) is 12.8 Å². The van der Waals surface area contributed by atoms with E-state index in [1.54, 1.807) is 31.0 Å². The van der Waals surface area contributed by atoms with Gasteiger partial charge >= 0.3 is 0 Å². The largest absolute Gasteiger partial charge is 0.342 e. The maximum atomic E-state index is 12.7. The molecule has 1 aliphatic rings. The molecule has 1 fully saturated rings. The molecule has 4 N–H and O–H groups in total. The van der Waals surface area contributed by atoms with Crippen LogP contribution in [-0.4, -0.2) is 51.0 Å². The number of rotatable bonds is 6. The lowest BCUT2D eigenvalue weighted by Gasteiger charge is -2.20. The molecular formula is C29H28N10O. The Bertz CT molecular complexity index is 1840. The summed E-state index contributed by atoms with van der Waals surface area (Å²) in [5.74, 6) is 1.86. The number of anilines is 1. The fourth-order valence-corrected chi connectivity index (χ4v) is 5.55. The van der Waals surface area contributed by atoms with Gasteiger partial charge in [0.15, 0.2) is 17.1 Å². The monoisotopic (exact) mass is 532 g/mol. The van der Waals surface area contributed by atoms with E-state index in [0.717, 1.165) is 52.0 Å². The van der Waals surface area contributed by atoms with Crippen LogP contribution in [0.15, 0.2) is 49.2 Å². The predicted molar refractivity (Wildman–Crippen MR) is 152 cm³/mol. The van der Waals surface area contributed by atoms with Crippen LogP contribution in [0.2, 0.25) is 0 Å². The molecule has 200 valence electrons. The van der Waals surface area contributed by atoms with Gasteiger partial charge < -0.3 is 15.3 Å². The van der Waals surface area contributed by atoms with E-state index in [0.29, 0.717) is 40.8 Å². The SMILES string of the molecule is Cc1cnc(-c2ccnc3nc(-c4[nH]nc5ncc(-c6cncc(NC(=O)CC7CCCCC7)c6)cc45)[nH]c23)[nH]1. The first-order valence-electron chi connectivity index (χ1n) is 13.6. The number of pyridine rings is 3. The van der Waals surface area contributed by atoms with E-state index < -0.39 is 0 Å². The number of aromatic amines is 3. The Labute approximate surface area is 229 Å². The molecule has 1 saturated carbocycles. The Hall–Kier alpha value is -4.93. The minimum absolute atomic E-state index is 0.0409. The summed E-state index contributed by atoms with van der Waals surface area (Å²) in [6.07, 6.45) is 15.3. The van der Waals surface area contributed by atoms with Crippen molar-refractivity contribution in [2.45, 2.75) is 45.4 Å². The molecule has 0 spiro atoms. The van der Waals surface area contributed by atoms with E-state index in [1.165, 1.54) is 19.3 Å². The summed E-state index contributed by atoms with van der Waals surface area (Å²) in [5.41, 5.74) is 6.86. The first-order chi connectivity index (χ1) is 19.6. The molecule has 0 bridgehead atoms. The molecule has 0 aliphatic heterocycles. The quantitative estimate of drug-likeness (QED) is 0.219. The normalized spacial score (nSPS) is 14.2. The van der Waals surface area contributed by atoms with Crippen molar-refractivity contribution in [3.05, 3.63) is 54.9 Å². The fourth-order valence-electron chi connectivity index (χ4n) is 5.55. The molecule has 6 heterocycles. The second-order valence-corrected chi connectivity index (χ2v) is 10.5. The van der Waals surface area contributed by atoms with Gasteiger partial charge in [-0.05, 0) is 43.9 Å². The average Bonchev–Trinajstić information content (AvgIpc) is 3.71. The first-order valence-corrected chi connectivity index (χ1v) is 13.6. The maximum absolute atomic E-state index is 12.7. The van der Waals surface area contributed by atoms with Gasteiger partial charge in [0, 0.05) is 53.6 Å². The molecule has 0 radical (unpaired) electrons. The van der Waals surface area contributed by atoms with Crippen LogP contribution >= 0.6 is 0 Å². The number of amides is 1. The highest BCUT2D eigenvalue weighted by Gasteiger charge is 2.19. The Kier molecular flexibility index (Phi) is 6.03. The number of hydrogen-bond acceptors (Lipinski definition) is 7. The van der Waals surface area contributed by atoms with Gasteiger partial charge in [-0.25, -0.2) is 19.9 Å². The van der Waals surface area contributed by atoms with E-state index in [2.05, 4.69) is 45.4 Å². The van der Waals surface area contributed by atoms with E-state index in [9.17, 15) is 4.79 Å². The van der Waals surface area contributed by atoms with Gasteiger partial charge in [0.1, 0.15) is 11.5 Å². The van der Waals surface area contributed by atoms with E-state index >= 15 is 0 Å². The summed E-state index contributed by atoms with van der Waals surface area (Å²) in [4.78, 5) is 41.9. The molecule has 6 aromatic heterocycles. The Balaban J connectivity index is 1.19. The standard InChI is InChI=1S/C29H28N10O/c1-16-12-32-26(34-16)21-7-8-31-28-24(21)36-29(37-28)25-22-11-19(14-33-27(22)39-38-25)18-10-20(15-30-13-18)35-23(40)9-17-5-3-2-4-6-17/h7-8,10-15,17H,2-6,9H2,1H3,(H,32,34)(H,35,40)(H,31,36,37)(H,33,38,39). The summed E-state index contributed by atoms with van der Waals surface area (Å²) >= 11 is 0. The highest BCUT2D eigenvalue weighted by atomic mass is 16.1. The summed E-state index contributed by atoms with van der Waals surface area (Å²) in [6.45, 7) is 1.96. The smallest absolute Gasteiger partial charge is 0.224 e. The number of aryl methyl sites for hydroxylation is 1. The van der Waals surface area contributed by atoms with Gasteiger partial charge in [-0.2, -0.15) is 5.10 Å². The van der Waals surface area contributed by atoms with Crippen molar-refractivity contribution in [3.8, 4) is 34.0 Å². The molecule has 0 atom stereocenters. The molecule has 7 rings (SSSR count). The van der Waals surface area contributed by atoms with E-state index in [4.69, 9.17) is 4.98 Å². The van der Waals surface area contributed by atoms with Crippen LogP contribution in [0.5, 0.6) is 0 Å². The number of nitrogens with one attached hydrogen (secondary N) is 4. The average molecular weight is 533 g/mol. The van der Waals surface area contributed by atoms with Crippen molar-refractivity contribution in [1.29, 1.82) is 0 Å².